The molecule has 1 heterocycles. The van der Waals surface area contributed by atoms with E-state index in [2.05, 4.69) is 47.7 Å². The summed E-state index contributed by atoms with van der Waals surface area (Å²) in [5.41, 5.74) is 4.60. The van der Waals surface area contributed by atoms with Crippen LogP contribution in [0.25, 0.3) is 5.69 Å². The summed E-state index contributed by atoms with van der Waals surface area (Å²) in [5, 5.41) is 11.9. The van der Waals surface area contributed by atoms with E-state index in [9.17, 15) is 0 Å². The molecule has 19 heavy (non-hydrogen) atoms. The van der Waals surface area contributed by atoms with Gasteiger partial charge >= 0.3 is 0 Å². The van der Waals surface area contributed by atoms with Crippen molar-refractivity contribution in [3.05, 3.63) is 41.2 Å². The summed E-state index contributed by atoms with van der Waals surface area (Å²) < 4.78 is 1.86. The average molecular weight is 256 g/mol. The minimum absolute atomic E-state index is 0.807. The number of nitrogens with zero attached hydrogens (tertiary/aromatic N) is 3. The van der Waals surface area contributed by atoms with Gasteiger partial charge in [-0.15, -0.1) is 5.10 Å². The van der Waals surface area contributed by atoms with Crippen molar-refractivity contribution < 1.29 is 0 Å². The zero-order valence-corrected chi connectivity index (χ0v) is 11.6. The second kappa shape index (κ2) is 5.13. The summed E-state index contributed by atoms with van der Waals surface area (Å²) in [6.45, 7) is 6.12. The molecular formula is C15H20N4. The van der Waals surface area contributed by atoms with E-state index in [0.717, 1.165) is 30.4 Å². The number of benzene rings is 1. The number of aryl methyl sites for hydroxylation is 2. The lowest BCUT2D eigenvalue weighted by Gasteiger charge is -2.05. The Hall–Kier alpha value is -1.68. The first-order valence-electron chi connectivity index (χ1n) is 6.92. The fourth-order valence-corrected chi connectivity index (χ4v) is 2.29. The van der Waals surface area contributed by atoms with Crippen LogP contribution in [0.1, 0.15) is 29.7 Å². The minimum Gasteiger partial charge on any atom is -0.311 e. The fraction of sp³-hybridized carbons (Fsp3) is 0.467. The highest BCUT2D eigenvalue weighted by molar-refractivity contribution is 5.41. The van der Waals surface area contributed by atoms with Gasteiger partial charge in [-0.05, 0) is 50.8 Å². The van der Waals surface area contributed by atoms with E-state index in [1.807, 2.05) is 10.9 Å². The van der Waals surface area contributed by atoms with E-state index in [-0.39, 0.29) is 0 Å². The van der Waals surface area contributed by atoms with Crippen LogP contribution in [0, 0.1) is 19.8 Å². The lowest BCUT2D eigenvalue weighted by molar-refractivity contribution is 0.628. The van der Waals surface area contributed by atoms with Crippen molar-refractivity contribution in [3.63, 3.8) is 0 Å². The van der Waals surface area contributed by atoms with Gasteiger partial charge in [0.1, 0.15) is 0 Å². The molecule has 4 heteroatoms. The third-order valence-corrected chi connectivity index (χ3v) is 3.58. The van der Waals surface area contributed by atoms with Gasteiger partial charge in [0.15, 0.2) is 0 Å². The van der Waals surface area contributed by atoms with Crippen molar-refractivity contribution in [3.8, 4) is 5.69 Å². The molecular weight excluding hydrogens is 236 g/mol. The van der Waals surface area contributed by atoms with E-state index < -0.39 is 0 Å². The molecule has 100 valence electrons. The quantitative estimate of drug-likeness (QED) is 0.893. The van der Waals surface area contributed by atoms with Gasteiger partial charge in [0.2, 0.25) is 0 Å². The van der Waals surface area contributed by atoms with Gasteiger partial charge in [0, 0.05) is 6.54 Å². The molecule has 2 aromatic rings. The SMILES string of the molecule is Cc1ccc(-n2cc(CNCC3CC3)nn2)c(C)c1. The van der Waals surface area contributed by atoms with Crippen LogP contribution < -0.4 is 5.32 Å². The summed E-state index contributed by atoms with van der Waals surface area (Å²) in [6.07, 6.45) is 4.77. The van der Waals surface area contributed by atoms with Crippen LogP contribution >= 0.6 is 0 Å². The molecule has 1 aliphatic carbocycles. The van der Waals surface area contributed by atoms with E-state index in [1.54, 1.807) is 0 Å². The van der Waals surface area contributed by atoms with Gasteiger partial charge < -0.3 is 5.32 Å². The molecule has 0 bridgehead atoms. The summed E-state index contributed by atoms with van der Waals surface area (Å²) >= 11 is 0. The first-order chi connectivity index (χ1) is 9.22. The lowest BCUT2D eigenvalue weighted by Crippen LogP contribution is -2.16. The average Bonchev–Trinajstić information content (AvgIpc) is 3.07. The summed E-state index contributed by atoms with van der Waals surface area (Å²) in [7, 11) is 0. The van der Waals surface area contributed by atoms with Crippen LogP contribution in [0.15, 0.2) is 24.4 Å². The highest BCUT2D eigenvalue weighted by atomic mass is 15.4. The number of aromatic nitrogens is 3. The van der Waals surface area contributed by atoms with Gasteiger partial charge in [-0.2, -0.15) is 0 Å². The zero-order valence-electron chi connectivity index (χ0n) is 11.6. The van der Waals surface area contributed by atoms with Gasteiger partial charge in [0.25, 0.3) is 0 Å². The number of rotatable bonds is 5. The van der Waals surface area contributed by atoms with Crippen LogP contribution in [-0.4, -0.2) is 21.5 Å². The third-order valence-electron chi connectivity index (χ3n) is 3.58. The Balaban J connectivity index is 1.68. The van der Waals surface area contributed by atoms with Crippen molar-refractivity contribution in [2.75, 3.05) is 6.54 Å². The van der Waals surface area contributed by atoms with Gasteiger partial charge in [-0.1, -0.05) is 22.9 Å². The zero-order chi connectivity index (χ0) is 13.2. The van der Waals surface area contributed by atoms with Crippen molar-refractivity contribution >= 4 is 0 Å². The van der Waals surface area contributed by atoms with Crippen LogP contribution in [-0.2, 0) is 6.54 Å². The van der Waals surface area contributed by atoms with Crippen LogP contribution in [0.3, 0.4) is 0 Å². The molecule has 1 aromatic heterocycles. The molecule has 1 fully saturated rings. The van der Waals surface area contributed by atoms with Gasteiger partial charge in [0.05, 0.1) is 17.6 Å². The third kappa shape index (κ3) is 3.01. The van der Waals surface area contributed by atoms with Gasteiger partial charge in [-0.3, -0.25) is 0 Å². The first kappa shape index (κ1) is 12.4. The Labute approximate surface area is 113 Å². The second-order valence-electron chi connectivity index (χ2n) is 5.52. The van der Waals surface area contributed by atoms with Crippen molar-refractivity contribution in [1.82, 2.24) is 20.3 Å². The highest BCUT2D eigenvalue weighted by Gasteiger charge is 2.20. The predicted octanol–water partition coefficient (Wildman–Crippen LogP) is 2.38. The van der Waals surface area contributed by atoms with Crippen LogP contribution in [0.5, 0.6) is 0 Å². The molecule has 0 aliphatic heterocycles. The maximum Gasteiger partial charge on any atom is 0.0969 e. The Morgan fingerprint density at radius 3 is 2.89 bits per heavy atom. The smallest absolute Gasteiger partial charge is 0.0969 e. The largest absolute Gasteiger partial charge is 0.311 e. The molecule has 0 unspecified atom stereocenters. The van der Waals surface area contributed by atoms with E-state index in [1.165, 1.54) is 24.0 Å². The molecule has 4 nitrogen and oxygen atoms in total. The Morgan fingerprint density at radius 2 is 2.16 bits per heavy atom. The number of hydrogen-bond donors (Lipinski definition) is 1. The summed E-state index contributed by atoms with van der Waals surface area (Å²) in [4.78, 5) is 0. The molecule has 1 saturated carbocycles. The lowest BCUT2D eigenvalue weighted by atomic mass is 10.1. The second-order valence-corrected chi connectivity index (χ2v) is 5.52. The van der Waals surface area contributed by atoms with Crippen LogP contribution in [0.4, 0.5) is 0 Å². The maximum atomic E-state index is 4.22. The normalized spacial score (nSPS) is 14.8. The van der Waals surface area contributed by atoms with Gasteiger partial charge in [-0.25, -0.2) is 4.68 Å². The fourth-order valence-electron chi connectivity index (χ4n) is 2.29. The Kier molecular flexibility index (Phi) is 3.34. The van der Waals surface area contributed by atoms with E-state index in [4.69, 9.17) is 0 Å². The summed E-state index contributed by atoms with van der Waals surface area (Å²) in [6, 6.07) is 6.37. The molecule has 1 aromatic carbocycles. The van der Waals surface area contributed by atoms with Crippen molar-refractivity contribution in [1.29, 1.82) is 0 Å². The van der Waals surface area contributed by atoms with Crippen molar-refractivity contribution in [2.24, 2.45) is 5.92 Å². The highest BCUT2D eigenvalue weighted by Crippen LogP contribution is 2.27. The van der Waals surface area contributed by atoms with E-state index >= 15 is 0 Å². The molecule has 0 radical (unpaired) electrons. The molecule has 0 atom stereocenters. The topological polar surface area (TPSA) is 42.7 Å². The monoisotopic (exact) mass is 256 g/mol. The predicted molar refractivity (Wildman–Crippen MR) is 75.3 cm³/mol. The Morgan fingerprint density at radius 1 is 1.32 bits per heavy atom. The molecule has 0 spiro atoms. The maximum absolute atomic E-state index is 4.22. The standard InChI is InChI=1S/C15H20N4/c1-11-3-6-15(12(2)7-11)19-10-14(17-18-19)9-16-8-13-4-5-13/h3,6-7,10,13,16H,4-5,8-9H2,1-2H3. The number of hydrogen-bond acceptors (Lipinski definition) is 3. The van der Waals surface area contributed by atoms with E-state index in [0.29, 0.717) is 0 Å². The number of nitrogens with one attached hydrogen (secondary N) is 1. The van der Waals surface area contributed by atoms with Crippen molar-refractivity contribution in [2.45, 2.75) is 33.2 Å². The first-order valence-corrected chi connectivity index (χ1v) is 6.92. The minimum atomic E-state index is 0.807. The molecule has 0 saturated heterocycles. The summed E-state index contributed by atoms with van der Waals surface area (Å²) in [5.74, 6) is 0.898. The molecule has 0 amide bonds. The molecule has 1 N–H and O–H groups in total. The molecule has 3 rings (SSSR count). The molecule has 1 aliphatic rings. The Bertz CT molecular complexity index is 569. The van der Waals surface area contributed by atoms with Crippen LogP contribution in [0.2, 0.25) is 0 Å².